The van der Waals surface area contributed by atoms with Crippen LogP contribution in [0.3, 0.4) is 0 Å². The Morgan fingerprint density at radius 1 is 1.62 bits per heavy atom. The van der Waals surface area contributed by atoms with E-state index in [-0.39, 0.29) is 0 Å². The van der Waals surface area contributed by atoms with Gasteiger partial charge in [-0.3, -0.25) is 0 Å². The van der Waals surface area contributed by atoms with Crippen LogP contribution in [0.25, 0.3) is 0 Å². The number of alkyl halides is 1. The van der Waals surface area contributed by atoms with Crippen LogP contribution >= 0.6 is 15.9 Å². The van der Waals surface area contributed by atoms with E-state index in [2.05, 4.69) is 28.1 Å². The SMILES string of the molecule is BrCC1CC=CCO1. The van der Waals surface area contributed by atoms with Gasteiger partial charge in [0.2, 0.25) is 0 Å². The summed E-state index contributed by atoms with van der Waals surface area (Å²) in [6, 6.07) is 0. The molecule has 2 heteroatoms. The lowest BCUT2D eigenvalue weighted by molar-refractivity contribution is 0.0863. The molecule has 0 aromatic heterocycles. The molecule has 0 aromatic rings. The van der Waals surface area contributed by atoms with Crippen molar-refractivity contribution in [2.24, 2.45) is 0 Å². The van der Waals surface area contributed by atoms with Crippen molar-refractivity contribution in [3.8, 4) is 0 Å². The smallest absolute Gasteiger partial charge is 0.0710 e. The highest BCUT2D eigenvalue weighted by Crippen LogP contribution is 2.07. The molecule has 1 heterocycles. The van der Waals surface area contributed by atoms with Crippen LogP contribution in [0.1, 0.15) is 6.42 Å². The van der Waals surface area contributed by atoms with E-state index in [0.717, 1.165) is 18.4 Å². The Morgan fingerprint density at radius 2 is 2.50 bits per heavy atom. The maximum atomic E-state index is 5.29. The zero-order chi connectivity index (χ0) is 5.82. The average Bonchev–Trinajstić information content (AvgIpc) is 1.90. The lowest BCUT2D eigenvalue weighted by atomic mass is 10.2. The van der Waals surface area contributed by atoms with Gasteiger partial charge in [-0.1, -0.05) is 28.1 Å². The number of hydrogen-bond acceptors (Lipinski definition) is 1. The van der Waals surface area contributed by atoms with E-state index in [1.54, 1.807) is 0 Å². The zero-order valence-electron chi connectivity index (χ0n) is 4.64. The minimum atomic E-state index is 0.417. The van der Waals surface area contributed by atoms with Crippen LogP contribution in [0, 0.1) is 0 Å². The molecule has 1 aliphatic heterocycles. The summed E-state index contributed by atoms with van der Waals surface area (Å²) in [4.78, 5) is 0. The average molecular weight is 177 g/mol. The number of halogens is 1. The molecule has 0 aromatic carbocycles. The van der Waals surface area contributed by atoms with Gasteiger partial charge in [0.15, 0.2) is 0 Å². The maximum Gasteiger partial charge on any atom is 0.0710 e. The molecule has 0 aliphatic carbocycles. The van der Waals surface area contributed by atoms with Gasteiger partial charge in [0.25, 0.3) is 0 Å². The molecule has 0 fully saturated rings. The fourth-order valence-corrected chi connectivity index (χ4v) is 1.13. The van der Waals surface area contributed by atoms with Gasteiger partial charge in [0, 0.05) is 5.33 Å². The van der Waals surface area contributed by atoms with Crippen LogP contribution in [-0.4, -0.2) is 18.0 Å². The molecule has 0 radical (unpaired) electrons. The quantitative estimate of drug-likeness (QED) is 0.437. The molecular weight excluding hydrogens is 168 g/mol. The van der Waals surface area contributed by atoms with Gasteiger partial charge < -0.3 is 4.74 Å². The third-order valence-corrected chi connectivity index (χ3v) is 1.89. The minimum Gasteiger partial charge on any atom is -0.373 e. The van der Waals surface area contributed by atoms with Crippen LogP contribution in [0.15, 0.2) is 12.2 Å². The molecule has 0 bridgehead atoms. The second kappa shape index (κ2) is 3.25. The second-order valence-corrected chi connectivity index (χ2v) is 2.46. The van der Waals surface area contributed by atoms with Gasteiger partial charge in [-0.2, -0.15) is 0 Å². The van der Waals surface area contributed by atoms with Gasteiger partial charge in [-0.15, -0.1) is 0 Å². The first-order valence-corrected chi connectivity index (χ1v) is 3.88. The Hall–Kier alpha value is 0.180. The summed E-state index contributed by atoms with van der Waals surface area (Å²) in [7, 11) is 0. The predicted octanol–water partition coefficient (Wildman–Crippen LogP) is 1.73. The normalized spacial score (nSPS) is 28.4. The zero-order valence-corrected chi connectivity index (χ0v) is 6.23. The van der Waals surface area contributed by atoms with Crippen molar-refractivity contribution in [3.63, 3.8) is 0 Å². The highest BCUT2D eigenvalue weighted by atomic mass is 79.9. The van der Waals surface area contributed by atoms with Crippen LogP contribution in [0.2, 0.25) is 0 Å². The Bertz CT molecular complexity index is 90.5. The molecule has 1 aliphatic rings. The fourth-order valence-electron chi connectivity index (χ4n) is 0.683. The summed E-state index contributed by atoms with van der Waals surface area (Å²) in [5.41, 5.74) is 0. The second-order valence-electron chi connectivity index (χ2n) is 1.82. The fraction of sp³-hybridized carbons (Fsp3) is 0.667. The van der Waals surface area contributed by atoms with Gasteiger partial charge in [-0.05, 0) is 6.42 Å². The standard InChI is InChI=1S/C6H9BrO/c7-5-6-3-1-2-4-8-6/h1-2,6H,3-5H2. The highest BCUT2D eigenvalue weighted by Gasteiger charge is 2.06. The van der Waals surface area contributed by atoms with E-state index in [0.29, 0.717) is 6.10 Å². The van der Waals surface area contributed by atoms with Gasteiger partial charge in [0.05, 0.1) is 12.7 Å². The highest BCUT2D eigenvalue weighted by molar-refractivity contribution is 9.09. The van der Waals surface area contributed by atoms with Crippen LogP contribution in [0.5, 0.6) is 0 Å². The van der Waals surface area contributed by atoms with E-state index in [4.69, 9.17) is 4.74 Å². The van der Waals surface area contributed by atoms with Crippen molar-refractivity contribution in [1.82, 2.24) is 0 Å². The monoisotopic (exact) mass is 176 g/mol. The van der Waals surface area contributed by atoms with E-state index >= 15 is 0 Å². The summed E-state index contributed by atoms with van der Waals surface area (Å²) in [5, 5.41) is 0.956. The number of ether oxygens (including phenoxy) is 1. The van der Waals surface area contributed by atoms with Gasteiger partial charge in [-0.25, -0.2) is 0 Å². The summed E-state index contributed by atoms with van der Waals surface area (Å²) >= 11 is 3.35. The van der Waals surface area contributed by atoms with Crippen molar-refractivity contribution >= 4 is 15.9 Å². The molecule has 46 valence electrons. The largest absolute Gasteiger partial charge is 0.373 e. The van der Waals surface area contributed by atoms with Crippen molar-refractivity contribution < 1.29 is 4.74 Å². The molecule has 0 N–H and O–H groups in total. The number of rotatable bonds is 1. The molecule has 0 saturated heterocycles. The Labute approximate surface area is 57.8 Å². The Balaban J connectivity index is 2.27. The third kappa shape index (κ3) is 1.60. The lowest BCUT2D eigenvalue weighted by Gasteiger charge is -2.14. The molecule has 0 amide bonds. The Kier molecular flexibility index (Phi) is 2.56. The molecule has 1 nitrogen and oxygen atoms in total. The summed E-state index contributed by atoms with van der Waals surface area (Å²) in [5.74, 6) is 0. The molecule has 1 atom stereocenters. The summed E-state index contributed by atoms with van der Waals surface area (Å²) < 4.78 is 5.29. The first kappa shape index (κ1) is 6.30. The Morgan fingerprint density at radius 3 is 2.88 bits per heavy atom. The maximum absolute atomic E-state index is 5.29. The predicted molar refractivity (Wildman–Crippen MR) is 37.3 cm³/mol. The molecule has 1 unspecified atom stereocenters. The van der Waals surface area contributed by atoms with Crippen molar-refractivity contribution in [3.05, 3.63) is 12.2 Å². The lowest BCUT2D eigenvalue weighted by Crippen LogP contribution is -2.16. The van der Waals surface area contributed by atoms with Crippen LogP contribution in [-0.2, 0) is 4.74 Å². The van der Waals surface area contributed by atoms with Crippen molar-refractivity contribution in [2.75, 3.05) is 11.9 Å². The van der Waals surface area contributed by atoms with Gasteiger partial charge >= 0.3 is 0 Å². The molecule has 8 heavy (non-hydrogen) atoms. The topological polar surface area (TPSA) is 9.23 Å². The van der Waals surface area contributed by atoms with Gasteiger partial charge in [0.1, 0.15) is 0 Å². The molecule has 1 rings (SSSR count). The van der Waals surface area contributed by atoms with E-state index in [1.165, 1.54) is 0 Å². The molecule has 0 saturated carbocycles. The minimum absolute atomic E-state index is 0.417. The van der Waals surface area contributed by atoms with Crippen LogP contribution in [0.4, 0.5) is 0 Å². The van der Waals surface area contributed by atoms with Crippen molar-refractivity contribution in [1.29, 1.82) is 0 Å². The number of hydrogen-bond donors (Lipinski definition) is 0. The van der Waals surface area contributed by atoms with E-state index in [9.17, 15) is 0 Å². The molecular formula is C6H9BrO. The molecule has 0 spiro atoms. The van der Waals surface area contributed by atoms with Crippen LogP contribution < -0.4 is 0 Å². The van der Waals surface area contributed by atoms with Crippen molar-refractivity contribution in [2.45, 2.75) is 12.5 Å². The summed E-state index contributed by atoms with van der Waals surface area (Å²) in [6.07, 6.45) is 5.69. The first-order chi connectivity index (χ1) is 3.93. The third-order valence-electron chi connectivity index (χ3n) is 1.17. The summed E-state index contributed by atoms with van der Waals surface area (Å²) in [6.45, 7) is 0.788. The van der Waals surface area contributed by atoms with E-state index in [1.807, 2.05) is 0 Å². The first-order valence-electron chi connectivity index (χ1n) is 2.76. The van der Waals surface area contributed by atoms with E-state index < -0.39 is 0 Å².